The number of fused-ring (bicyclic) bond motifs is 6. The van der Waals surface area contributed by atoms with Crippen LogP contribution in [0.3, 0.4) is 0 Å². The number of benzene rings is 1. The summed E-state index contributed by atoms with van der Waals surface area (Å²) < 4.78 is 0. The first kappa shape index (κ1) is 13.2. The van der Waals surface area contributed by atoms with Gasteiger partial charge in [0.05, 0.1) is 0 Å². The molecule has 1 aromatic carbocycles. The first-order valence-electron chi connectivity index (χ1n) is 8.33. The third-order valence-corrected chi connectivity index (χ3v) is 5.60. The fourth-order valence-electron chi connectivity index (χ4n) is 4.58. The van der Waals surface area contributed by atoms with E-state index in [0.29, 0.717) is 11.6 Å². The monoisotopic (exact) mass is 303 g/mol. The molecule has 0 bridgehead atoms. The second-order valence-corrected chi connectivity index (χ2v) is 6.72. The summed E-state index contributed by atoms with van der Waals surface area (Å²) >= 11 is 0. The van der Waals surface area contributed by atoms with Gasteiger partial charge in [-0.2, -0.15) is 0 Å². The fourth-order valence-corrected chi connectivity index (χ4v) is 4.58. The maximum absolute atomic E-state index is 12.8. The molecule has 1 atom stereocenters. The van der Waals surface area contributed by atoms with Crippen molar-refractivity contribution in [3.8, 4) is 0 Å². The third kappa shape index (κ3) is 1.74. The Labute approximate surface area is 134 Å². The quantitative estimate of drug-likeness (QED) is 0.723. The highest BCUT2D eigenvalue weighted by Crippen LogP contribution is 2.37. The average molecular weight is 303 g/mol. The van der Waals surface area contributed by atoms with Crippen LogP contribution in [-0.2, 0) is 4.79 Å². The van der Waals surface area contributed by atoms with Gasteiger partial charge in [0.1, 0.15) is 0 Å². The molecule has 1 saturated heterocycles. The standard InChI is InChI=1S/C20H17NO2/c22-18-5-1-3-12-14(18)7-6-13-15-8-10-21-9-2-4-17(21)20(15)19(23)11-16(12)13/h1,3,5-7,11,17H,2,4,8-10H2. The van der Waals surface area contributed by atoms with Crippen molar-refractivity contribution < 1.29 is 9.59 Å². The van der Waals surface area contributed by atoms with E-state index in [1.807, 2.05) is 18.2 Å². The van der Waals surface area contributed by atoms with Gasteiger partial charge in [-0.1, -0.05) is 18.2 Å². The normalized spacial score (nSPS) is 25.3. The van der Waals surface area contributed by atoms with E-state index in [1.54, 1.807) is 18.2 Å². The van der Waals surface area contributed by atoms with Crippen LogP contribution in [0.5, 0.6) is 0 Å². The maximum Gasteiger partial charge on any atom is 0.186 e. The molecule has 0 amide bonds. The predicted molar refractivity (Wildman–Crippen MR) is 89.2 cm³/mol. The van der Waals surface area contributed by atoms with Crippen molar-refractivity contribution in [3.63, 3.8) is 0 Å². The van der Waals surface area contributed by atoms with E-state index < -0.39 is 0 Å². The van der Waals surface area contributed by atoms with E-state index >= 15 is 0 Å². The SMILES string of the molecule is O=C1C=c2c(ccc3c2=CC=CC3=O)C2=C1C1CCCN1CC2. The van der Waals surface area contributed by atoms with Gasteiger partial charge in [0.2, 0.25) is 0 Å². The molecule has 0 radical (unpaired) electrons. The summed E-state index contributed by atoms with van der Waals surface area (Å²) in [6.45, 7) is 2.15. The summed E-state index contributed by atoms with van der Waals surface area (Å²) in [5, 5.41) is 1.85. The van der Waals surface area contributed by atoms with Crippen molar-refractivity contribution in [2.75, 3.05) is 13.1 Å². The van der Waals surface area contributed by atoms with Crippen molar-refractivity contribution in [3.05, 3.63) is 51.4 Å². The van der Waals surface area contributed by atoms with Crippen LogP contribution < -0.4 is 10.4 Å². The largest absolute Gasteiger partial charge is 0.296 e. The van der Waals surface area contributed by atoms with Gasteiger partial charge in [-0.3, -0.25) is 14.5 Å². The zero-order valence-corrected chi connectivity index (χ0v) is 12.8. The summed E-state index contributed by atoms with van der Waals surface area (Å²) in [4.78, 5) is 27.4. The van der Waals surface area contributed by atoms with E-state index in [4.69, 9.17) is 0 Å². The Morgan fingerprint density at radius 3 is 2.78 bits per heavy atom. The van der Waals surface area contributed by atoms with Crippen molar-refractivity contribution in [2.24, 2.45) is 0 Å². The summed E-state index contributed by atoms with van der Waals surface area (Å²) in [7, 11) is 0. The van der Waals surface area contributed by atoms with E-state index in [9.17, 15) is 9.59 Å². The lowest BCUT2D eigenvalue weighted by Crippen LogP contribution is -2.44. The zero-order chi connectivity index (χ0) is 15.6. The third-order valence-electron chi connectivity index (χ3n) is 5.60. The number of ketones is 2. The molecule has 1 unspecified atom stereocenters. The Hall–Kier alpha value is -2.26. The lowest BCUT2D eigenvalue weighted by Gasteiger charge is -2.35. The fraction of sp³-hybridized carbons (Fsp3) is 0.300. The Morgan fingerprint density at radius 1 is 1.00 bits per heavy atom. The number of rotatable bonds is 0. The molecule has 0 aromatic heterocycles. The number of nitrogens with zero attached hydrogens (tertiary/aromatic N) is 1. The number of hydrogen-bond donors (Lipinski definition) is 0. The number of carbonyl (C=O) groups is 2. The van der Waals surface area contributed by atoms with Crippen LogP contribution in [0.2, 0.25) is 0 Å². The minimum atomic E-state index is 0.0246. The minimum absolute atomic E-state index is 0.0246. The van der Waals surface area contributed by atoms with E-state index in [2.05, 4.69) is 4.90 Å². The average Bonchev–Trinajstić information content (AvgIpc) is 3.03. The van der Waals surface area contributed by atoms with Gasteiger partial charge in [-0.25, -0.2) is 0 Å². The first-order valence-corrected chi connectivity index (χ1v) is 8.33. The van der Waals surface area contributed by atoms with Crippen LogP contribution in [0.15, 0.2) is 29.9 Å². The Balaban J connectivity index is 1.80. The second-order valence-electron chi connectivity index (χ2n) is 6.72. The Morgan fingerprint density at radius 2 is 1.87 bits per heavy atom. The molecule has 2 aliphatic carbocycles. The van der Waals surface area contributed by atoms with Gasteiger partial charge in [0, 0.05) is 23.7 Å². The molecule has 1 fully saturated rings. The summed E-state index contributed by atoms with van der Waals surface area (Å²) in [5.74, 6) is 0.171. The van der Waals surface area contributed by atoms with Crippen LogP contribution in [0.1, 0.15) is 35.2 Å². The van der Waals surface area contributed by atoms with Crippen molar-refractivity contribution >= 4 is 29.3 Å². The molecule has 23 heavy (non-hydrogen) atoms. The molecule has 114 valence electrons. The maximum atomic E-state index is 12.8. The van der Waals surface area contributed by atoms with Crippen LogP contribution in [0.4, 0.5) is 0 Å². The first-order chi connectivity index (χ1) is 11.2. The molecule has 2 heterocycles. The van der Waals surface area contributed by atoms with Crippen LogP contribution in [0.25, 0.3) is 17.7 Å². The Kier molecular flexibility index (Phi) is 2.65. The van der Waals surface area contributed by atoms with Crippen LogP contribution in [-0.4, -0.2) is 35.6 Å². The summed E-state index contributed by atoms with van der Waals surface area (Å²) in [6, 6.07) is 4.27. The smallest absolute Gasteiger partial charge is 0.186 e. The van der Waals surface area contributed by atoms with Crippen molar-refractivity contribution in [2.45, 2.75) is 25.3 Å². The van der Waals surface area contributed by atoms with Gasteiger partial charge < -0.3 is 0 Å². The summed E-state index contributed by atoms with van der Waals surface area (Å²) in [5.41, 5.74) is 4.09. The van der Waals surface area contributed by atoms with Crippen LogP contribution in [0, 0.1) is 0 Å². The highest BCUT2D eigenvalue weighted by molar-refractivity contribution is 6.23. The molecule has 0 spiro atoms. The number of hydrogen-bond acceptors (Lipinski definition) is 3. The number of Topliss-reactive ketones (excluding diaryl/α,β-unsaturated/α-hetero) is 1. The molecule has 4 aliphatic rings. The lowest BCUT2D eigenvalue weighted by molar-refractivity contribution is -0.110. The second kappa shape index (κ2) is 4.62. The number of allylic oxidation sites excluding steroid dienone is 2. The van der Waals surface area contributed by atoms with Gasteiger partial charge >= 0.3 is 0 Å². The van der Waals surface area contributed by atoms with Gasteiger partial charge in [0.15, 0.2) is 11.6 Å². The molecule has 5 rings (SSSR count). The van der Waals surface area contributed by atoms with Gasteiger partial charge in [-0.15, -0.1) is 0 Å². The molecular weight excluding hydrogens is 286 g/mol. The highest BCUT2D eigenvalue weighted by atomic mass is 16.1. The minimum Gasteiger partial charge on any atom is -0.296 e. The predicted octanol–water partition coefficient (Wildman–Crippen LogP) is 1.20. The highest BCUT2D eigenvalue weighted by Gasteiger charge is 2.37. The van der Waals surface area contributed by atoms with E-state index in [0.717, 1.165) is 47.5 Å². The van der Waals surface area contributed by atoms with E-state index in [1.165, 1.54) is 12.0 Å². The molecule has 0 saturated carbocycles. The summed E-state index contributed by atoms with van der Waals surface area (Å²) in [6.07, 6.45) is 10.3. The molecule has 1 aromatic rings. The molecule has 0 N–H and O–H groups in total. The zero-order valence-electron chi connectivity index (χ0n) is 12.8. The van der Waals surface area contributed by atoms with E-state index in [-0.39, 0.29) is 11.6 Å². The molecule has 3 heteroatoms. The lowest BCUT2D eigenvalue weighted by atomic mass is 9.80. The van der Waals surface area contributed by atoms with Gasteiger partial charge in [0.25, 0.3) is 0 Å². The molecule has 2 aliphatic heterocycles. The number of carbonyl (C=O) groups excluding carboxylic acids is 2. The molecule has 3 nitrogen and oxygen atoms in total. The van der Waals surface area contributed by atoms with Gasteiger partial charge in [-0.05, 0) is 65.6 Å². The van der Waals surface area contributed by atoms with Crippen molar-refractivity contribution in [1.82, 2.24) is 4.90 Å². The van der Waals surface area contributed by atoms with Crippen LogP contribution >= 0.6 is 0 Å². The molecular formula is C20H17NO2. The van der Waals surface area contributed by atoms with Crippen molar-refractivity contribution in [1.29, 1.82) is 0 Å². The Bertz CT molecular complexity index is 949. The topological polar surface area (TPSA) is 37.4 Å².